The predicted molar refractivity (Wildman–Crippen MR) is 156 cm³/mol. The Morgan fingerprint density at radius 3 is 2.00 bits per heavy atom. The fourth-order valence-electron chi connectivity index (χ4n) is 5.46. The van der Waals surface area contributed by atoms with Gasteiger partial charge in [-0.15, -0.1) is 0 Å². The topological polar surface area (TPSA) is 55.4 Å². The van der Waals surface area contributed by atoms with Crippen LogP contribution in [0, 0.1) is 0 Å². The third-order valence-electron chi connectivity index (χ3n) is 7.28. The van der Waals surface area contributed by atoms with Crippen LogP contribution in [0.5, 0.6) is 0 Å². The van der Waals surface area contributed by atoms with Gasteiger partial charge < -0.3 is 0 Å². The molecule has 0 bridgehead atoms. The van der Waals surface area contributed by atoms with Gasteiger partial charge >= 0.3 is 248 Å². The average Bonchev–Trinajstić information content (AvgIpc) is 3.52. The summed E-state index contributed by atoms with van der Waals surface area (Å²) in [7, 11) is 0. The van der Waals surface area contributed by atoms with Gasteiger partial charge in [0.2, 0.25) is 0 Å². The van der Waals surface area contributed by atoms with Crippen molar-refractivity contribution in [3.8, 4) is 0 Å². The summed E-state index contributed by atoms with van der Waals surface area (Å²) in [6.07, 6.45) is 2.93. The SMILES string of the molecule is C[C@H](O[C@@H]1[C@H]2OC(C)(C)O[C@H]2O[C@@H]1[C@H]1COC(C)(C)O1)[Se]P(=[Se])(CCc1ccccc1)CCc1ccccc1. The molecule has 3 aliphatic rings. The average molecular weight is 687 g/mol. The Morgan fingerprint density at radius 2 is 1.46 bits per heavy atom. The number of fused-ring (bicyclic) bond motifs is 1. The van der Waals surface area contributed by atoms with Crippen molar-refractivity contribution in [3.63, 3.8) is 0 Å². The van der Waals surface area contributed by atoms with Crippen LogP contribution >= 0.6 is 4.20 Å². The number of rotatable bonds is 11. The summed E-state index contributed by atoms with van der Waals surface area (Å²) in [6.45, 7) is 10.4. The van der Waals surface area contributed by atoms with Gasteiger partial charge in [-0.05, 0) is 0 Å². The zero-order chi connectivity index (χ0) is 27.7. The van der Waals surface area contributed by atoms with Crippen molar-refractivity contribution in [1.29, 1.82) is 0 Å². The molecular formula is C30H41O6PSe2. The molecule has 3 saturated heterocycles. The minimum atomic E-state index is -1.39. The summed E-state index contributed by atoms with van der Waals surface area (Å²) < 4.78 is 36.4. The molecule has 0 aliphatic carbocycles. The normalized spacial score (nSPS) is 30.3. The van der Waals surface area contributed by atoms with E-state index in [1.807, 2.05) is 27.7 Å². The van der Waals surface area contributed by atoms with E-state index >= 15 is 0 Å². The van der Waals surface area contributed by atoms with Crippen LogP contribution in [0.15, 0.2) is 60.7 Å². The first-order valence-corrected chi connectivity index (χ1v) is 21.4. The van der Waals surface area contributed by atoms with Crippen LogP contribution < -0.4 is 0 Å². The van der Waals surface area contributed by atoms with Crippen molar-refractivity contribution in [2.45, 2.75) is 94.7 Å². The van der Waals surface area contributed by atoms with Crippen molar-refractivity contribution in [2.24, 2.45) is 0 Å². The Labute approximate surface area is 246 Å². The molecule has 2 aromatic carbocycles. The van der Waals surface area contributed by atoms with Crippen molar-refractivity contribution >= 4 is 33.8 Å². The van der Waals surface area contributed by atoms with Gasteiger partial charge in [0, 0.05) is 0 Å². The summed E-state index contributed by atoms with van der Waals surface area (Å²) in [5, 5.41) is 0.0797. The predicted octanol–water partition coefficient (Wildman–Crippen LogP) is 4.95. The van der Waals surface area contributed by atoms with E-state index in [-0.39, 0.29) is 43.9 Å². The Morgan fingerprint density at radius 1 is 0.872 bits per heavy atom. The van der Waals surface area contributed by atoms with Crippen molar-refractivity contribution in [3.05, 3.63) is 71.8 Å². The molecule has 9 heteroatoms. The van der Waals surface area contributed by atoms with Crippen LogP contribution in [0.4, 0.5) is 0 Å². The Bertz CT molecular complexity index is 1080. The zero-order valence-electron chi connectivity index (χ0n) is 23.5. The maximum absolute atomic E-state index is 6.88. The second-order valence-electron chi connectivity index (χ2n) is 11.4. The molecule has 6 nitrogen and oxygen atoms in total. The fourth-order valence-corrected chi connectivity index (χ4v) is 19.3. The quantitative estimate of drug-likeness (QED) is 0.247. The van der Waals surface area contributed by atoms with Crippen LogP contribution in [0.3, 0.4) is 0 Å². The molecule has 214 valence electrons. The standard InChI is InChI=1S/C30H41O6PSe2/c1-21(32-26-25(24-20-31-29(2,3)34-24)33-28-27(26)35-30(4,5)36-28)39-37(38,18-16-22-12-8-6-9-13-22)19-17-23-14-10-7-11-15-23/h6-15,21,24-28H,16-20H2,1-5H3/t21-,24-,25-,26+,27-,28-/m1/s1. The van der Waals surface area contributed by atoms with Gasteiger partial charge in [-0.25, -0.2) is 0 Å². The van der Waals surface area contributed by atoms with Crippen molar-refractivity contribution in [2.75, 3.05) is 18.9 Å². The molecule has 39 heavy (non-hydrogen) atoms. The van der Waals surface area contributed by atoms with E-state index in [1.165, 1.54) is 23.5 Å². The van der Waals surface area contributed by atoms with E-state index in [1.54, 1.807) is 0 Å². The molecule has 3 aliphatic heterocycles. The van der Waals surface area contributed by atoms with E-state index in [9.17, 15) is 0 Å². The third kappa shape index (κ3) is 7.94. The van der Waals surface area contributed by atoms with Crippen LogP contribution in [-0.2, 0) is 41.3 Å². The van der Waals surface area contributed by atoms with Crippen LogP contribution in [-0.4, -0.2) is 95.8 Å². The molecule has 3 heterocycles. The first-order valence-electron chi connectivity index (χ1n) is 13.8. The molecule has 0 radical (unpaired) electrons. The van der Waals surface area contributed by atoms with Gasteiger partial charge in [-0.1, -0.05) is 0 Å². The maximum atomic E-state index is 6.88. The summed E-state index contributed by atoms with van der Waals surface area (Å²) in [5.41, 5.74) is 2.79. The van der Waals surface area contributed by atoms with E-state index in [2.05, 4.69) is 82.7 Å². The van der Waals surface area contributed by atoms with E-state index < -0.39 is 22.1 Å². The number of benzene rings is 2. The molecule has 0 saturated carbocycles. The van der Waals surface area contributed by atoms with Crippen LogP contribution in [0.1, 0.15) is 45.7 Å². The number of aryl methyl sites for hydroxylation is 2. The van der Waals surface area contributed by atoms with E-state index in [4.69, 9.17) is 28.4 Å². The third-order valence-corrected chi connectivity index (χ3v) is 21.7. The van der Waals surface area contributed by atoms with Crippen LogP contribution in [0.25, 0.3) is 0 Å². The molecule has 0 N–H and O–H groups in total. The summed E-state index contributed by atoms with van der Waals surface area (Å²) in [4.78, 5) is 0. The molecule has 0 amide bonds. The summed E-state index contributed by atoms with van der Waals surface area (Å²) in [5.74, 6) is -1.34. The van der Waals surface area contributed by atoms with Gasteiger partial charge in [-0.3, -0.25) is 0 Å². The van der Waals surface area contributed by atoms with Gasteiger partial charge in [0.15, 0.2) is 0 Å². The summed E-state index contributed by atoms with van der Waals surface area (Å²) in [6, 6.07) is 21.6. The number of ether oxygens (including phenoxy) is 6. The molecule has 0 aromatic heterocycles. The summed E-state index contributed by atoms with van der Waals surface area (Å²) >= 11 is 4.01. The Balaban J connectivity index is 1.29. The van der Waals surface area contributed by atoms with Gasteiger partial charge in [-0.2, -0.15) is 0 Å². The van der Waals surface area contributed by atoms with Crippen molar-refractivity contribution < 1.29 is 28.4 Å². The van der Waals surface area contributed by atoms with Gasteiger partial charge in [0.05, 0.1) is 0 Å². The van der Waals surface area contributed by atoms with Crippen molar-refractivity contribution in [1.82, 2.24) is 0 Å². The molecule has 0 spiro atoms. The monoisotopic (exact) mass is 688 g/mol. The van der Waals surface area contributed by atoms with Crippen LogP contribution in [0.2, 0.25) is 0 Å². The van der Waals surface area contributed by atoms with E-state index in [0.717, 1.165) is 12.8 Å². The first-order chi connectivity index (χ1) is 18.5. The zero-order valence-corrected chi connectivity index (χ0v) is 27.8. The Hall–Kier alpha value is -0.331. The first kappa shape index (κ1) is 30.1. The molecule has 3 fully saturated rings. The number of hydrogen-bond acceptors (Lipinski definition) is 6. The fraction of sp³-hybridized carbons (Fsp3) is 0.600. The molecular weight excluding hydrogens is 645 g/mol. The molecule has 6 atom stereocenters. The van der Waals surface area contributed by atoms with Gasteiger partial charge in [0.1, 0.15) is 0 Å². The molecule has 0 unspecified atom stereocenters. The molecule has 5 rings (SSSR count). The second-order valence-corrected chi connectivity index (χ2v) is 29.2. The minimum absolute atomic E-state index is 0.0797. The van der Waals surface area contributed by atoms with Gasteiger partial charge in [0.25, 0.3) is 0 Å². The van der Waals surface area contributed by atoms with E-state index in [0.29, 0.717) is 6.61 Å². The molecule has 2 aromatic rings. The number of hydrogen-bond donors (Lipinski definition) is 0. The Kier molecular flexibility index (Phi) is 9.66. The second kappa shape index (κ2) is 12.5.